The number of hydrogen-bond acceptors (Lipinski definition) is 4. The third kappa shape index (κ3) is 4.00. The van der Waals surface area contributed by atoms with Crippen molar-refractivity contribution in [3.63, 3.8) is 0 Å². The van der Waals surface area contributed by atoms with Crippen LogP contribution in [0.1, 0.15) is 36.5 Å². The zero-order valence-corrected chi connectivity index (χ0v) is 18.1. The fourth-order valence-corrected chi connectivity index (χ4v) is 3.86. The molecule has 0 atom stereocenters. The van der Waals surface area contributed by atoms with E-state index >= 15 is 0 Å². The molecule has 4 aromatic rings. The van der Waals surface area contributed by atoms with Crippen LogP contribution in [0, 0.1) is 0 Å². The molecule has 4 nitrogen and oxygen atoms in total. The summed E-state index contributed by atoms with van der Waals surface area (Å²) in [6, 6.07) is 30.8. The molecule has 0 aliphatic carbocycles. The van der Waals surface area contributed by atoms with Gasteiger partial charge in [-0.1, -0.05) is 74.0 Å². The Labute approximate surface area is 188 Å². The fourth-order valence-electron chi connectivity index (χ4n) is 3.86. The summed E-state index contributed by atoms with van der Waals surface area (Å²) < 4.78 is 5.84. The van der Waals surface area contributed by atoms with E-state index in [9.17, 15) is 0 Å². The van der Waals surface area contributed by atoms with Crippen LogP contribution in [0.3, 0.4) is 0 Å². The lowest BCUT2D eigenvalue weighted by atomic mass is 9.97. The number of amidine groups is 1. The maximum absolute atomic E-state index is 5.84. The molecular weight excluding hydrogens is 394 g/mol. The van der Waals surface area contributed by atoms with E-state index in [0.29, 0.717) is 0 Å². The first-order valence-electron chi connectivity index (χ1n) is 11.1. The van der Waals surface area contributed by atoms with Gasteiger partial charge >= 0.3 is 0 Å². The van der Waals surface area contributed by atoms with Gasteiger partial charge in [0.2, 0.25) is 0 Å². The van der Waals surface area contributed by atoms with Crippen molar-refractivity contribution < 1.29 is 4.74 Å². The Morgan fingerprint density at radius 3 is 2.38 bits per heavy atom. The van der Waals surface area contributed by atoms with Crippen molar-refractivity contribution in [1.82, 2.24) is 5.43 Å². The van der Waals surface area contributed by atoms with Crippen molar-refractivity contribution in [2.75, 3.05) is 6.61 Å². The number of benzene rings is 4. The molecule has 0 saturated carbocycles. The van der Waals surface area contributed by atoms with E-state index in [4.69, 9.17) is 14.8 Å². The summed E-state index contributed by atoms with van der Waals surface area (Å²) in [5, 5.41) is 7.06. The number of fused-ring (bicyclic) bond motifs is 3. The SMILES string of the molecule is CCCCOc1ccc(C2=NNC(c3ccccc3)=Nc3c2ccc2ccccc32)cc1. The van der Waals surface area contributed by atoms with Crippen LogP contribution in [0.15, 0.2) is 101 Å². The lowest BCUT2D eigenvalue weighted by Crippen LogP contribution is -2.19. The minimum atomic E-state index is 0.734. The van der Waals surface area contributed by atoms with Crippen LogP contribution in [0.4, 0.5) is 5.69 Å². The molecule has 4 aromatic carbocycles. The number of unbranched alkanes of at least 4 members (excludes halogenated alkanes) is 1. The molecular formula is C28H25N3O. The quantitative estimate of drug-likeness (QED) is 0.365. The first-order chi connectivity index (χ1) is 15.8. The summed E-state index contributed by atoms with van der Waals surface area (Å²) in [4.78, 5) is 5.05. The van der Waals surface area contributed by atoms with E-state index in [2.05, 4.69) is 60.9 Å². The van der Waals surface area contributed by atoms with Crippen LogP contribution in [-0.2, 0) is 0 Å². The average Bonchev–Trinajstić information content (AvgIpc) is 3.05. The molecule has 32 heavy (non-hydrogen) atoms. The van der Waals surface area contributed by atoms with Crippen LogP contribution >= 0.6 is 0 Å². The lowest BCUT2D eigenvalue weighted by Gasteiger charge is -2.11. The molecule has 0 unspecified atom stereocenters. The van der Waals surface area contributed by atoms with E-state index in [1.165, 1.54) is 0 Å². The van der Waals surface area contributed by atoms with E-state index in [1.807, 2.05) is 42.5 Å². The van der Waals surface area contributed by atoms with Gasteiger partial charge in [-0.3, -0.25) is 5.43 Å². The first kappa shape index (κ1) is 20.0. The summed E-state index contributed by atoms with van der Waals surface area (Å²) in [6.07, 6.45) is 2.17. The molecule has 0 amide bonds. The number of hydrogen-bond donors (Lipinski definition) is 1. The van der Waals surface area contributed by atoms with Crippen molar-refractivity contribution in [3.8, 4) is 5.75 Å². The number of ether oxygens (including phenoxy) is 1. The Morgan fingerprint density at radius 1 is 0.781 bits per heavy atom. The predicted molar refractivity (Wildman–Crippen MR) is 132 cm³/mol. The van der Waals surface area contributed by atoms with Gasteiger partial charge in [0.05, 0.1) is 12.3 Å². The van der Waals surface area contributed by atoms with E-state index in [1.54, 1.807) is 0 Å². The predicted octanol–water partition coefficient (Wildman–Crippen LogP) is 6.45. The smallest absolute Gasteiger partial charge is 0.154 e. The van der Waals surface area contributed by atoms with Gasteiger partial charge in [0.1, 0.15) is 11.5 Å². The number of nitrogens with one attached hydrogen (secondary N) is 1. The first-order valence-corrected chi connectivity index (χ1v) is 11.1. The van der Waals surface area contributed by atoms with E-state index in [-0.39, 0.29) is 0 Å². The van der Waals surface area contributed by atoms with Crippen molar-refractivity contribution in [3.05, 3.63) is 108 Å². The van der Waals surface area contributed by atoms with Crippen molar-refractivity contribution in [1.29, 1.82) is 0 Å². The van der Waals surface area contributed by atoms with Gasteiger partial charge in [-0.05, 0) is 42.1 Å². The number of nitrogens with zero attached hydrogens (tertiary/aromatic N) is 2. The molecule has 0 fully saturated rings. The average molecular weight is 420 g/mol. The van der Waals surface area contributed by atoms with Crippen molar-refractivity contribution in [2.24, 2.45) is 10.1 Å². The standard InChI is InChI=1S/C28H25N3O/c1-2-3-19-32-23-16-13-21(14-17-23)26-25-18-15-20-9-7-8-12-24(20)27(25)29-28(31-30-26)22-10-5-4-6-11-22/h4-18H,2-3,19H2,1H3,(H,29,31). The summed E-state index contributed by atoms with van der Waals surface area (Å²) in [5.41, 5.74) is 8.02. The van der Waals surface area contributed by atoms with Crippen LogP contribution in [0.5, 0.6) is 5.75 Å². The molecule has 1 aliphatic heterocycles. The molecule has 1 aliphatic rings. The topological polar surface area (TPSA) is 46.0 Å². The summed E-state index contributed by atoms with van der Waals surface area (Å²) in [5.74, 6) is 1.61. The molecule has 5 rings (SSSR count). The number of aliphatic imine (C=N–C) groups is 1. The maximum Gasteiger partial charge on any atom is 0.154 e. The summed E-state index contributed by atoms with van der Waals surface area (Å²) in [7, 11) is 0. The fraction of sp³-hybridized carbons (Fsp3) is 0.143. The normalized spacial score (nSPS) is 12.9. The molecule has 0 saturated heterocycles. The molecule has 0 radical (unpaired) electrons. The Bertz CT molecular complexity index is 1290. The van der Waals surface area contributed by atoms with E-state index in [0.717, 1.165) is 69.9 Å². The van der Waals surface area contributed by atoms with Crippen molar-refractivity contribution >= 4 is 28.0 Å². The maximum atomic E-state index is 5.84. The summed E-state index contributed by atoms with van der Waals surface area (Å²) >= 11 is 0. The molecule has 0 spiro atoms. The second-order valence-electron chi connectivity index (χ2n) is 7.81. The molecule has 4 heteroatoms. The highest BCUT2D eigenvalue weighted by Gasteiger charge is 2.19. The van der Waals surface area contributed by atoms with Gasteiger partial charge in [0.15, 0.2) is 5.84 Å². The highest BCUT2D eigenvalue weighted by atomic mass is 16.5. The zero-order chi connectivity index (χ0) is 21.8. The van der Waals surface area contributed by atoms with Gasteiger partial charge in [-0.2, -0.15) is 5.10 Å². The Kier molecular flexibility index (Phi) is 5.67. The third-order valence-electron chi connectivity index (χ3n) is 5.59. The van der Waals surface area contributed by atoms with Gasteiger partial charge in [-0.25, -0.2) is 4.99 Å². The highest BCUT2D eigenvalue weighted by Crippen LogP contribution is 2.34. The largest absolute Gasteiger partial charge is 0.494 e. The molecule has 0 aromatic heterocycles. The minimum Gasteiger partial charge on any atom is -0.494 e. The number of hydrazone groups is 1. The number of rotatable bonds is 6. The molecule has 1 N–H and O–H groups in total. The minimum absolute atomic E-state index is 0.734. The van der Waals surface area contributed by atoms with Crippen molar-refractivity contribution in [2.45, 2.75) is 19.8 Å². The van der Waals surface area contributed by atoms with Gasteiger partial charge in [-0.15, -0.1) is 0 Å². The van der Waals surface area contributed by atoms with Crippen LogP contribution < -0.4 is 10.2 Å². The third-order valence-corrected chi connectivity index (χ3v) is 5.59. The second kappa shape index (κ2) is 9.06. The van der Waals surface area contributed by atoms with Crippen LogP contribution in [0.2, 0.25) is 0 Å². The Balaban J connectivity index is 1.60. The summed E-state index contributed by atoms with van der Waals surface area (Å²) in [6.45, 7) is 2.90. The van der Waals surface area contributed by atoms with Gasteiger partial charge < -0.3 is 4.74 Å². The second-order valence-corrected chi connectivity index (χ2v) is 7.81. The molecule has 0 bridgehead atoms. The Morgan fingerprint density at radius 2 is 1.56 bits per heavy atom. The molecule has 158 valence electrons. The lowest BCUT2D eigenvalue weighted by molar-refractivity contribution is 0.309. The van der Waals surface area contributed by atoms with Gasteiger partial charge in [0, 0.05) is 22.1 Å². The monoisotopic (exact) mass is 419 g/mol. The molecule has 1 heterocycles. The Hall–Kier alpha value is -3.92. The van der Waals surface area contributed by atoms with E-state index < -0.39 is 0 Å². The van der Waals surface area contributed by atoms with Crippen LogP contribution in [-0.4, -0.2) is 18.2 Å². The zero-order valence-electron chi connectivity index (χ0n) is 18.1. The van der Waals surface area contributed by atoms with Gasteiger partial charge in [0.25, 0.3) is 0 Å². The highest BCUT2D eigenvalue weighted by molar-refractivity contribution is 6.21. The van der Waals surface area contributed by atoms with Crippen LogP contribution in [0.25, 0.3) is 10.8 Å².